The first-order valence-corrected chi connectivity index (χ1v) is 4.25. The fraction of sp³-hybridized carbons (Fsp3) is 0.100. The van der Waals surface area contributed by atoms with E-state index in [-0.39, 0.29) is 0 Å². The third-order valence-corrected chi connectivity index (χ3v) is 1.99. The van der Waals surface area contributed by atoms with Gasteiger partial charge >= 0.3 is 0 Å². The van der Waals surface area contributed by atoms with Gasteiger partial charge in [0.1, 0.15) is 11.6 Å². The minimum atomic E-state index is 0.621. The number of nitrogen functional groups attached to an aromatic ring is 1. The number of aromatic nitrogens is 2. The molecule has 0 aliphatic heterocycles. The number of nitrogens with two attached hydrogens (primary N) is 1. The Labute approximate surface area is 81.9 Å². The van der Waals surface area contributed by atoms with Gasteiger partial charge in [0.15, 0.2) is 0 Å². The van der Waals surface area contributed by atoms with Crippen LogP contribution in [0.15, 0.2) is 36.5 Å². The van der Waals surface area contributed by atoms with E-state index in [1.807, 2.05) is 24.3 Å². The minimum absolute atomic E-state index is 0.621. The summed E-state index contributed by atoms with van der Waals surface area (Å²) >= 11 is 0. The van der Waals surface area contributed by atoms with Gasteiger partial charge in [0.25, 0.3) is 0 Å². The molecule has 0 saturated heterocycles. The van der Waals surface area contributed by atoms with Gasteiger partial charge in [0.2, 0.25) is 0 Å². The normalized spacial score (nSPS) is 10.1. The molecule has 0 atom stereocenters. The standard InChI is InChI=1S/C10H11N3O/c1-14-9-4-2-8(3-5-9)13-10(11)6-7-12-13/h2-7H,11H2,1H3. The average molecular weight is 189 g/mol. The monoisotopic (exact) mass is 189 g/mol. The Kier molecular flexibility index (Phi) is 2.10. The molecule has 2 aromatic rings. The number of ether oxygens (including phenoxy) is 1. The molecule has 0 aliphatic rings. The SMILES string of the molecule is COc1ccc(-n2nccc2N)cc1. The van der Waals surface area contributed by atoms with Crippen LogP contribution < -0.4 is 10.5 Å². The third-order valence-electron chi connectivity index (χ3n) is 1.99. The van der Waals surface area contributed by atoms with Gasteiger partial charge in [-0.25, -0.2) is 4.68 Å². The van der Waals surface area contributed by atoms with E-state index in [9.17, 15) is 0 Å². The molecule has 0 bridgehead atoms. The van der Waals surface area contributed by atoms with Crippen molar-refractivity contribution in [3.8, 4) is 11.4 Å². The highest BCUT2D eigenvalue weighted by atomic mass is 16.5. The van der Waals surface area contributed by atoms with Crippen molar-refractivity contribution in [3.63, 3.8) is 0 Å². The van der Waals surface area contributed by atoms with Gasteiger partial charge in [-0.3, -0.25) is 0 Å². The topological polar surface area (TPSA) is 53.1 Å². The molecule has 72 valence electrons. The van der Waals surface area contributed by atoms with Crippen LogP contribution in [0, 0.1) is 0 Å². The van der Waals surface area contributed by atoms with E-state index in [0.29, 0.717) is 5.82 Å². The van der Waals surface area contributed by atoms with Crippen molar-refractivity contribution >= 4 is 5.82 Å². The second-order valence-corrected chi connectivity index (χ2v) is 2.87. The van der Waals surface area contributed by atoms with Crippen LogP contribution in [0.1, 0.15) is 0 Å². The van der Waals surface area contributed by atoms with Crippen LogP contribution in [0.3, 0.4) is 0 Å². The Hall–Kier alpha value is -1.97. The lowest BCUT2D eigenvalue weighted by Gasteiger charge is -2.04. The van der Waals surface area contributed by atoms with E-state index in [2.05, 4.69) is 5.10 Å². The van der Waals surface area contributed by atoms with E-state index >= 15 is 0 Å². The summed E-state index contributed by atoms with van der Waals surface area (Å²) in [7, 11) is 1.64. The highest BCUT2D eigenvalue weighted by molar-refractivity contribution is 5.43. The van der Waals surface area contributed by atoms with Gasteiger partial charge in [-0.05, 0) is 24.3 Å². The number of rotatable bonds is 2. The smallest absolute Gasteiger partial charge is 0.127 e. The molecular weight excluding hydrogens is 178 g/mol. The largest absolute Gasteiger partial charge is 0.497 e. The molecule has 0 spiro atoms. The summed E-state index contributed by atoms with van der Waals surface area (Å²) < 4.78 is 6.72. The van der Waals surface area contributed by atoms with Crippen molar-refractivity contribution in [1.29, 1.82) is 0 Å². The van der Waals surface area contributed by atoms with Crippen LogP contribution in [0.5, 0.6) is 5.75 Å². The van der Waals surface area contributed by atoms with Crippen molar-refractivity contribution in [3.05, 3.63) is 36.5 Å². The molecule has 4 heteroatoms. The zero-order valence-corrected chi connectivity index (χ0v) is 7.84. The highest BCUT2D eigenvalue weighted by Gasteiger charge is 2.00. The second kappa shape index (κ2) is 3.41. The van der Waals surface area contributed by atoms with Crippen molar-refractivity contribution in [2.24, 2.45) is 0 Å². The number of nitrogens with zero attached hydrogens (tertiary/aromatic N) is 2. The number of methoxy groups -OCH3 is 1. The molecule has 0 saturated carbocycles. The molecule has 1 aromatic carbocycles. The molecule has 2 N–H and O–H groups in total. The molecule has 14 heavy (non-hydrogen) atoms. The summed E-state index contributed by atoms with van der Waals surface area (Å²) in [5, 5.41) is 4.09. The maximum atomic E-state index is 5.71. The quantitative estimate of drug-likeness (QED) is 0.778. The minimum Gasteiger partial charge on any atom is -0.497 e. The molecule has 4 nitrogen and oxygen atoms in total. The van der Waals surface area contributed by atoms with Gasteiger partial charge in [-0.15, -0.1) is 0 Å². The Bertz CT molecular complexity index is 419. The molecule has 0 amide bonds. The number of hydrogen-bond donors (Lipinski definition) is 1. The summed E-state index contributed by atoms with van der Waals surface area (Å²) in [5.74, 6) is 1.44. The van der Waals surface area contributed by atoms with E-state index in [1.165, 1.54) is 0 Å². The van der Waals surface area contributed by atoms with Crippen molar-refractivity contribution < 1.29 is 4.74 Å². The second-order valence-electron chi connectivity index (χ2n) is 2.87. The first kappa shape index (κ1) is 8.62. The zero-order chi connectivity index (χ0) is 9.97. The Morgan fingerprint density at radius 1 is 1.21 bits per heavy atom. The van der Waals surface area contributed by atoms with Crippen LogP contribution in [0.2, 0.25) is 0 Å². The Morgan fingerprint density at radius 2 is 1.93 bits per heavy atom. The third kappa shape index (κ3) is 1.42. The van der Waals surface area contributed by atoms with Gasteiger partial charge in [-0.1, -0.05) is 0 Å². The van der Waals surface area contributed by atoms with Crippen molar-refractivity contribution in [1.82, 2.24) is 9.78 Å². The predicted molar refractivity (Wildman–Crippen MR) is 54.5 cm³/mol. The van der Waals surface area contributed by atoms with Crippen molar-refractivity contribution in [2.75, 3.05) is 12.8 Å². The molecule has 1 heterocycles. The fourth-order valence-corrected chi connectivity index (χ4v) is 1.25. The molecule has 0 aliphatic carbocycles. The lowest BCUT2D eigenvalue weighted by Crippen LogP contribution is -2.01. The maximum absolute atomic E-state index is 5.71. The van der Waals surface area contributed by atoms with Crippen LogP contribution in [-0.4, -0.2) is 16.9 Å². The van der Waals surface area contributed by atoms with Crippen LogP contribution in [0.25, 0.3) is 5.69 Å². The van der Waals surface area contributed by atoms with Gasteiger partial charge < -0.3 is 10.5 Å². The fourth-order valence-electron chi connectivity index (χ4n) is 1.25. The average Bonchev–Trinajstić information content (AvgIpc) is 2.65. The molecule has 1 aromatic heterocycles. The van der Waals surface area contributed by atoms with E-state index in [4.69, 9.17) is 10.5 Å². The molecule has 2 rings (SSSR count). The highest BCUT2D eigenvalue weighted by Crippen LogP contribution is 2.16. The van der Waals surface area contributed by atoms with E-state index in [1.54, 1.807) is 24.1 Å². The van der Waals surface area contributed by atoms with E-state index < -0.39 is 0 Å². The maximum Gasteiger partial charge on any atom is 0.127 e. The summed E-state index contributed by atoms with van der Waals surface area (Å²) in [6.07, 6.45) is 1.67. The summed E-state index contributed by atoms with van der Waals surface area (Å²) in [6, 6.07) is 9.31. The van der Waals surface area contributed by atoms with E-state index in [0.717, 1.165) is 11.4 Å². The van der Waals surface area contributed by atoms with Crippen LogP contribution >= 0.6 is 0 Å². The number of hydrogen-bond acceptors (Lipinski definition) is 3. The predicted octanol–water partition coefficient (Wildman–Crippen LogP) is 1.46. The van der Waals surface area contributed by atoms with Crippen LogP contribution in [-0.2, 0) is 0 Å². The first-order chi connectivity index (χ1) is 6.81. The lowest BCUT2D eigenvalue weighted by molar-refractivity contribution is 0.414. The summed E-state index contributed by atoms with van der Waals surface area (Å²) in [6.45, 7) is 0. The lowest BCUT2D eigenvalue weighted by atomic mass is 10.3. The molecule has 0 fully saturated rings. The zero-order valence-electron chi connectivity index (χ0n) is 7.84. The Morgan fingerprint density at radius 3 is 2.43 bits per heavy atom. The Balaban J connectivity index is 2.39. The van der Waals surface area contributed by atoms with Crippen LogP contribution in [0.4, 0.5) is 5.82 Å². The number of benzene rings is 1. The first-order valence-electron chi connectivity index (χ1n) is 4.25. The molecule has 0 unspecified atom stereocenters. The van der Waals surface area contributed by atoms with Gasteiger partial charge in [0.05, 0.1) is 19.0 Å². The molecular formula is C10H11N3O. The van der Waals surface area contributed by atoms with Crippen molar-refractivity contribution in [2.45, 2.75) is 0 Å². The number of anilines is 1. The van der Waals surface area contributed by atoms with Gasteiger partial charge in [0, 0.05) is 6.07 Å². The summed E-state index contributed by atoms with van der Waals surface area (Å²) in [4.78, 5) is 0. The molecule has 0 radical (unpaired) electrons. The van der Waals surface area contributed by atoms with Gasteiger partial charge in [-0.2, -0.15) is 5.10 Å². The summed E-state index contributed by atoms with van der Waals surface area (Å²) in [5.41, 5.74) is 6.64.